The minimum Gasteiger partial charge on any atom is -0.462 e. The van der Waals surface area contributed by atoms with E-state index in [0.29, 0.717) is 12.8 Å². The third kappa shape index (κ3) is 43.8. The van der Waals surface area contributed by atoms with E-state index in [1.54, 1.807) is 0 Å². The first-order valence-corrected chi connectivity index (χ1v) is 23.5. The second-order valence-electron chi connectivity index (χ2n) is 13.8. The fourth-order valence-corrected chi connectivity index (χ4v) is 5.92. The van der Waals surface area contributed by atoms with Gasteiger partial charge in [-0.1, -0.05) is 148 Å². The fourth-order valence-electron chi connectivity index (χ4n) is 5.16. The first kappa shape index (κ1) is 55.4. The average molecular weight is 840 g/mol. The van der Waals surface area contributed by atoms with E-state index in [1.807, 2.05) is 0 Å². The fraction of sp³-hybridized carbons (Fsp3) is 0.551. The van der Waals surface area contributed by atoms with Crippen molar-refractivity contribution >= 4 is 19.8 Å². The summed E-state index contributed by atoms with van der Waals surface area (Å²) in [4.78, 5) is 34.8. The molecule has 0 amide bonds. The summed E-state index contributed by atoms with van der Waals surface area (Å²) in [5.41, 5.74) is 5.34. The van der Waals surface area contributed by atoms with E-state index in [1.165, 1.54) is 0 Å². The SMILES string of the molecule is CC/C=C\C/C=C\C/C=C\C/C=C\C/C=C\C/C=C\C/C=C\CCCCCC(=O)OC(COC(=O)CCCCC/C=C\C/C=C\C/C=C\CC)COP(=O)(O)OCCN. The summed E-state index contributed by atoms with van der Waals surface area (Å²) in [5, 5.41) is 0. The highest BCUT2D eigenvalue weighted by molar-refractivity contribution is 7.47. The summed E-state index contributed by atoms with van der Waals surface area (Å²) in [6, 6.07) is 0. The van der Waals surface area contributed by atoms with Gasteiger partial charge >= 0.3 is 19.8 Å². The maximum Gasteiger partial charge on any atom is 0.472 e. The van der Waals surface area contributed by atoms with Gasteiger partial charge in [-0.15, -0.1) is 0 Å². The Labute approximate surface area is 358 Å². The number of esters is 2. The molecular weight excluding hydrogens is 762 g/mol. The van der Waals surface area contributed by atoms with Gasteiger partial charge in [0.2, 0.25) is 0 Å². The molecule has 2 atom stereocenters. The van der Waals surface area contributed by atoms with Crippen molar-refractivity contribution in [2.75, 3.05) is 26.4 Å². The molecule has 0 aromatic heterocycles. The molecule has 0 saturated heterocycles. The lowest BCUT2D eigenvalue weighted by atomic mass is 10.1. The molecule has 0 saturated carbocycles. The van der Waals surface area contributed by atoms with Crippen molar-refractivity contribution in [2.24, 2.45) is 5.73 Å². The van der Waals surface area contributed by atoms with Crippen LogP contribution in [-0.2, 0) is 32.7 Å². The Bertz CT molecular complexity index is 1370. The Balaban J connectivity index is 4.27. The molecule has 59 heavy (non-hydrogen) atoms. The van der Waals surface area contributed by atoms with Gasteiger partial charge in [0.15, 0.2) is 6.10 Å². The number of phosphoric acid groups is 1. The number of nitrogens with two attached hydrogens (primary N) is 1. The Morgan fingerprint density at radius 1 is 0.508 bits per heavy atom. The van der Waals surface area contributed by atoms with E-state index in [2.05, 4.69) is 135 Å². The van der Waals surface area contributed by atoms with E-state index >= 15 is 0 Å². The van der Waals surface area contributed by atoms with Crippen LogP contribution in [0.4, 0.5) is 0 Å². The molecule has 0 spiro atoms. The van der Waals surface area contributed by atoms with Crippen LogP contribution in [0.15, 0.2) is 122 Å². The number of phosphoric ester groups is 1. The molecule has 0 aliphatic heterocycles. The van der Waals surface area contributed by atoms with Crippen LogP contribution >= 0.6 is 7.82 Å². The summed E-state index contributed by atoms with van der Waals surface area (Å²) in [6.45, 7) is 3.39. The molecule has 0 aliphatic rings. The number of ether oxygens (including phenoxy) is 2. The molecule has 0 heterocycles. The molecule has 0 aliphatic carbocycles. The van der Waals surface area contributed by atoms with Gasteiger partial charge in [-0.2, -0.15) is 0 Å². The van der Waals surface area contributed by atoms with Crippen molar-refractivity contribution in [1.29, 1.82) is 0 Å². The largest absolute Gasteiger partial charge is 0.472 e. The number of allylic oxidation sites excluding steroid dienone is 20. The summed E-state index contributed by atoms with van der Waals surface area (Å²) < 4.78 is 32.7. The lowest BCUT2D eigenvalue weighted by molar-refractivity contribution is -0.161. The quantitative estimate of drug-likeness (QED) is 0.0268. The van der Waals surface area contributed by atoms with E-state index in [4.69, 9.17) is 24.3 Å². The topological polar surface area (TPSA) is 134 Å². The zero-order chi connectivity index (χ0) is 43.2. The third-order valence-corrected chi connectivity index (χ3v) is 9.33. The molecule has 0 aromatic carbocycles. The molecule has 2 unspecified atom stereocenters. The number of rotatable bonds is 39. The van der Waals surface area contributed by atoms with Crippen LogP contribution in [0, 0.1) is 0 Å². The number of hydrogen-bond acceptors (Lipinski definition) is 8. The maximum absolute atomic E-state index is 12.6. The third-order valence-electron chi connectivity index (χ3n) is 8.34. The highest BCUT2D eigenvalue weighted by Crippen LogP contribution is 2.43. The van der Waals surface area contributed by atoms with Gasteiger partial charge < -0.3 is 20.1 Å². The van der Waals surface area contributed by atoms with Crippen molar-refractivity contribution < 1.29 is 37.6 Å². The van der Waals surface area contributed by atoms with Gasteiger partial charge in [0.1, 0.15) is 6.61 Å². The van der Waals surface area contributed by atoms with Gasteiger partial charge in [-0.3, -0.25) is 18.6 Å². The van der Waals surface area contributed by atoms with Crippen LogP contribution in [0.25, 0.3) is 0 Å². The van der Waals surface area contributed by atoms with E-state index < -0.39 is 32.5 Å². The summed E-state index contributed by atoms with van der Waals surface area (Å²) in [5.74, 6) is -0.917. The van der Waals surface area contributed by atoms with Crippen LogP contribution in [0.5, 0.6) is 0 Å². The van der Waals surface area contributed by atoms with Gasteiger partial charge in [0, 0.05) is 19.4 Å². The van der Waals surface area contributed by atoms with Crippen molar-refractivity contribution in [2.45, 2.75) is 148 Å². The van der Waals surface area contributed by atoms with Gasteiger partial charge in [-0.05, 0) is 103 Å². The highest BCUT2D eigenvalue weighted by atomic mass is 31.2. The monoisotopic (exact) mass is 840 g/mol. The molecule has 0 rings (SSSR count). The van der Waals surface area contributed by atoms with Crippen molar-refractivity contribution in [3.63, 3.8) is 0 Å². The first-order chi connectivity index (χ1) is 28.8. The number of unbranched alkanes of at least 4 members (excludes halogenated alkanes) is 6. The van der Waals surface area contributed by atoms with Crippen LogP contribution in [0.1, 0.15) is 142 Å². The smallest absolute Gasteiger partial charge is 0.462 e. The van der Waals surface area contributed by atoms with Gasteiger partial charge in [0.05, 0.1) is 13.2 Å². The van der Waals surface area contributed by atoms with Crippen molar-refractivity contribution in [3.8, 4) is 0 Å². The van der Waals surface area contributed by atoms with Gasteiger partial charge in [-0.25, -0.2) is 4.57 Å². The average Bonchev–Trinajstić information content (AvgIpc) is 3.22. The Kier molecular flexibility index (Phi) is 41.3. The molecule has 332 valence electrons. The molecule has 0 fully saturated rings. The number of hydrogen-bond donors (Lipinski definition) is 2. The lowest BCUT2D eigenvalue weighted by Gasteiger charge is -2.19. The van der Waals surface area contributed by atoms with Crippen LogP contribution in [0.2, 0.25) is 0 Å². The molecule has 9 nitrogen and oxygen atoms in total. The Hall–Kier alpha value is -3.59. The minimum absolute atomic E-state index is 0.0357. The molecule has 0 aromatic rings. The maximum atomic E-state index is 12.6. The molecule has 0 bridgehead atoms. The first-order valence-electron chi connectivity index (χ1n) is 22.0. The summed E-state index contributed by atoms with van der Waals surface area (Å²) >= 11 is 0. The predicted octanol–water partition coefficient (Wildman–Crippen LogP) is 12.9. The Morgan fingerprint density at radius 3 is 1.27 bits per heavy atom. The second-order valence-corrected chi connectivity index (χ2v) is 15.2. The van der Waals surface area contributed by atoms with Crippen LogP contribution < -0.4 is 5.73 Å². The van der Waals surface area contributed by atoms with E-state index in [0.717, 1.165) is 103 Å². The lowest BCUT2D eigenvalue weighted by Crippen LogP contribution is -2.29. The Morgan fingerprint density at radius 2 is 0.881 bits per heavy atom. The standard InChI is InChI=1S/C49H78NO8P/c1-3-5-7-9-11-13-15-17-18-19-20-21-22-23-24-25-26-27-28-30-32-34-36-38-40-42-49(52)58-47(46-57-59(53,54)56-44-43-50)45-55-48(51)41-39-37-35-33-31-29-16-14-12-10-8-6-4-2/h5-8,11-14,17-18,20-21,23-24,26-27,29-32,47H,3-4,9-10,15-16,19,22,25,28,33-46,50H2,1-2H3,(H,53,54)/b7-5-,8-6-,13-11-,14-12-,18-17-,21-20-,24-23-,27-26-,31-29-,32-30-. The summed E-state index contributed by atoms with van der Waals surface area (Å²) in [7, 11) is -4.40. The molecule has 0 radical (unpaired) electrons. The van der Waals surface area contributed by atoms with E-state index in [-0.39, 0.29) is 32.6 Å². The van der Waals surface area contributed by atoms with Gasteiger partial charge in [0.25, 0.3) is 0 Å². The zero-order valence-corrected chi connectivity index (χ0v) is 37.3. The molecule has 3 N–H and O–H groups in total. The van der Waals surface area contributed by atoms with Crippen molar-refractivity contribution in [3.05, 3.63) is 122 Å². The molecular formula is C49H78NO8P. The van der Waals surface area contributed by atoms with E-state index in [9.17, 15) is 19.0 Å². The van der Waals surface area contributed by atoms with Crippen LogP contribution in [-0.4, -0.2) is 49.3 Å². The zero-order valence-electron chi connectivity index (χ0n) is 36.4. The minimum atomic E-state index is -4.40. The number of carbonyl (C=O) groups is 2. The van der Waals surface area contributed by atoms with Crippen molar-refractivity contribution in [1.82, 2.24) is 0 Å². The normalized spacial score (nSPS) is 14.4. The second kappa shape index (κ2) is 44.0. The van der Waals surface area contributed by atoms with Crippen LogP contribution in [0.3, 0.4) is 0 Å². The highest BCUT2D eigenvalue weighted by Gasteiger charge is 2.25. The summed E-state index contributed by atoms with van der Waals surface area (Å²) in [6.07, 6.45) is 59.5. The molecule has 10 heteroatoms. The number of carbonyl (C=O) groups excluding carboxylic acids is 2. The predicted molar refractivity (Wildman–Crippen MR) is 247 cm³/mol.